The van der Waals surface area contributed by atoms with Gasteiger partial charge in [0.15, 0.2) is 0 Å². The maximum atomic E-state index is 11.1. The Bertz CT molecular complexity index is 137. The van der Waals surface area contributed by atoms with Crippen LogP contribution in [0, 0.1) is 5.92 Å². The summed E-state index contributed by atoms with van der Waals surface area (Å²) in [6, 6.07) is 0. The Morgan fingerprint density at radius 2 is 2.15 bits per heavy atom. The third-order valence-electron chi connectivity index (χ3n) is 1.40. The summed E-state index contributed by atoms with van der Waals surface area (Å²) in [6.45, 7) is 5.35. The number of ether oxygens (including phenoxy) is 1. The van der Waals surface area contributed by atoms with Crippen LogP contribution >= 0.6 is 0 Å². The first kappa shape index (κ1) is 12.4. The van der Waals surface area contributed by atoms with Crippen molar-refractivity contribution in [1.29, 1.82) is 0 Å². The van der Waals surface area contributed by atoms with Gasteiger partial charge in [0.1, 0.15) is 0 Å². The van der Waals surface area contributed by atoms with Crippen molar-refractivity contribution in [2.45, 2.75) is 20.3 Å². The van der Waals surface area contributed by atoms with Crippen LogP contribution < -0.4 is 5.32 Å². The fourth-order valence-corrected chi connectivity index (χ4v) is 0.872. The van der Waals surface area contributed by atoms with Crippen LogP contribution in [0.2, 0.25) is 0 Å². The molecule has 0 rings (SSSR count). The van der Waals surface area contributed by atoms with E-state index in [0.29, 0.717) is 32.1 Å². The fraction of sp³-hybridized carbons (Fsp3) is 0.889. The summed E-state index contributed by atoms with van der Waals surface area (Å²) < 4.78 is 4.97. The van der Waals surface area contributed by atoms with E-state index in [1.165, 1.54) is 0 Å². The minimum Gasteiger partial charge on any atom is -0.394 e. The van der Waals surface area contributed by atoms with Gasteiger partial charge in [0.05, 0.1) is 19.8 Å². The van der Waals surface area contributed by atoms with Gasteiger partial charge in [-0.05, 0) is 5.92 Å². The SMILES string of the molecule is CC(C)CC(=O)NCCOCCO. The van der Waals surface area contributed by atoms with Crippen molar-refractivity contribution in [3.05, 3.63) is 0 Å². The van der Waals surface area contributed by atoms with Crippen molar-refractivity contribution in [3.63, 3.8) is 0 Å². The number of carbonyl (C=O) groups is 1. The molecule has 0 heterocycles. The minimum absolute atomic E-state index is 0.0277. The molecule has 13 heavy (non-hydrogen) atoms. The van der Waals surface area contributed by atoms with Crippen molar-refractivity contribution < 1.29 is 14.6 Å². The number of nitrogens with one attached hydrogen (secondary N) is 1. The van der Waals surface area contributed by atoms with Gasteiger partial charge >= 0.3 is 0 Å². The molecule has 0 radical (unpaired) electrons. The van der Waals surface area contributed by atoms with E-state index in [-0.39, 0.29) is 12.5 Å². The van der Waals surface area contributed by atoms with Crippen molar-refractivity contribution >= 4 is 5.91 Å². The van der Waals surface area contributed by atoms with E-state index in [0.717, 1.165) is 0 Å². The second kappa shape index (κ2) is 8.01. The molecule has 0 aromatic carbocycles. The summed E-state index contributed by atoms with van der Waals surface area (Å²) in [4.78, 5) is 11.1. The van der Waals surface area contributed by atoms with Gasteiger partial charge in [-0.2, -0.15) is 0 Å². The minimum atomic E-state index is 0.0277. The molecule has 1 amide bonds. The molecular formula is C9H19NO3. The summed E-state index contributed by atoms with van der Waals surface area (Å²) >= 11 is 0. The molecule has 0 aliphatic heterocycles. The molecule has 0 saturated heterocycles. The largest absolute Gasteiger partial charge is 0.394 e. The Kier molecular flexibility index (Phi) is 7.63. The quantitative estimate of drug-likeness (QED) is 0.561. The molecular weight excluding hydrogens is 170 g/mol. The van der Waals surface area contributed by atoms with E-state index < -0.39 is 0 Å². The van der Waals surface area contributed by atoms with Gasteiger partial charge < -0.3 is 15.2 Å². The Morgan fingerprint density at radius 1 is 1.46 bits per heavy atom. The van der Waals surface area contributed by atoms with Crippen LogP contribution in [-0.2, 0) is 9.53 Å². The average molecular weight is 189 g/mol. The summed E-state index contributed by atoms with van der Waals surface area (Å²) in [7, 11) is 0. The van der Waals surface area contributed by atoms with Crippen molar-refractivity contribution in [1.82, 2.24) is 5.32 Å². The highest BCUT2D eigenvalue weighted by Gasteiger charge is 2.02. The fourth-order valence-electron chi connectivity index (χ4n) is 0.872. The summed E-state index contributed by atoms with van der Waals surface area (Å²) in [6.07, 6.45) is 0.556. The van der Waals surface area contributed by atoms with Crippen LogP contribution in [0.5, 0.6) is 0 Å². The van der Waals surface area contributed by atoms with Crippen LogP contribution in [-0.4, -0.2) is 37.4 Å². The molecule has 0 aromatic rings. The van der Waals surface area contributed by atoms with Gasteiger partial charge in [-0.25, -0.2) is 0 Å². The Labute approximate surface area is 79.3 Å². The normalized spacial score (nSPS) is 10.5. The Morgan fingerprint density at radius 3 is 2.69 bits per heavy atom. The maximum absolute atomic E-state index is 11.1. The van der Waals surface area contributed by atoms with Crippen LogP contribution in [0.1, 0.15) is 20.3 Å². The number of aliphatic hydroxyl groups is 1. The molecule has 0 saturated carbocycles. The molecule has 2 N–H and O–H groups in total. The predicted octanol–water partition coefficient (Wildman–Crippen LogP) is 0.158. The van der Waals surface area contributed by atoms with Gasteiger partial charge in [0.2, 0.25) is 5.91 Å². The number of aliphatic hydroxyl groups excluding tert-OH is 1. The third kappa shape index (κ3) is 9.30. The van der Waals surface area contributed by atoms with E-state index in [1.807, 2.05) is 13.8 Å². The maximum Gasteiger partial charge on any atom is 0.220 e. The highest BCUT2D eigenvalue weighted by atomic mass is 16.5. The lowest BCUT2D eigenvalue weighted by Gasteiger charge is -2.06. The molecule has 0 atom stereocenters. The van der Waals surface area contributed by atoms with Crippen LogP contribution in [0.4, 0.5) is 0 Å². The van der Waals surface area contributed by atoms with Crippen molar-refractivity contribution in [2.75, 3.05) is 26.4 Å². The average Bonchev–Trinajstić information content (AvgIpc) is 2.02. The van der Waals surface area contributed by atoms with E-state index in [4.69, 9.17) is 9.84 Å². The zero-order valence-corrected chi connectivity index (χ0v) is 8.38. The van der Waals surface area contributed by atoms with Crippen LogP contribution in [0.25, 0.3) is 0 Å². The van der Waals surface area contributed by atoms with Gasteiger partial charge in [0, 0.05) is 13.0 Å². The number of hydrogen-bond acceptors (Lipinski definition) is 3. The summed E-state index contributed by atoms with van der Waals surface area (Å²) in [5, 5.41) is 11.1. The molecule has 4 nitrogen and oxygen atoms in total. The van der Waals surface area contributed by atoms with Crippen molar-refractivity contribution in [2.24, 2.45) is 5.92 Å². The Hall–Kier alpha value is -0.610. The van der Waals surface area contributed by atoms with Gasteiger partial charge in [-0.1, -0.05) is 13.8 Å². The standard InChI is InChI=1S/C9H19NO3/c1-8(2)7-9(12)10-3-5-13-6-4-11/h8,11H,3-7H2,1-2H3,(H,10,12). The molecule has 0 bridgehead atoms. The molecule has 0 unspecified atom stereocenters. The lowest BCUT2D eigenvalue weighted by molar-refractivity contribution is -0.122. The first-order valence-electron chi connectivity index (χ1n) is 4.62. The van der Waals surface area contributed by atoms with Crippen LogP contribution in [0.15, 0.2) is 0 Å². The topological polar surface area (TPSA) is 58.6 Å². The zero-order valence-electron chi connectivity index (χ0n) is 8.38. The van der Waals surface area contributed by atoms with Gasteiger partial charge in [0.25, 0.3) is 0 Å². The number of rotatable bonds is 7. The second-order valence-corrected chi connectivity index (χ2v) is 3.28. The molecule has 4 heteroatoms. The molecule has 0 aliphatic rings. The summed E-state index contributed by atoms with van der Waals surface area (Å²) in [5.74, 6) is 0.445. The number of amides is 1. The first-order valence-corrected chi connectivity index (χ1v) is 4.62. The molecule has 0 spiro atoms. The lowest BCUT2D eigenvalue weighted by Crippen LogP contribution is -2.28. The van der Waals surface area contributed by atoms with Gasteiger partial charge in [-0.3, -0.25) is 4.79 Å². The lowest BCUT2D eigenvalue weighted by atomic mass is 10.1. The molecule has 0 fully saturated rings. The van der Waals surface area contributed by atoms with E-state index in [2.05, 4.69) is 5.32 Å². The first-order chi connectivity index (χ1) is 6.16. The van der Waals surface area contributed by atoms with Crippen LogP contribution in [0.3, 0.4) is 0 Å². The predicted molar refractivity (Wildman–Crippen MR) is 50.4 cm³/mol. The second-order valence-electron chi connectivity index (χ2n) is 3.28. The van der Waals surface area contributed by atoms with E-state index in [9.17, 15) is 4.79 Å². The Balaban J connectivity index is 3.17. The van der Waals surface area contributed by atoms with Crippen molar-refractivity contribution in [3.8, 4) is 0 Å². The smallest absolute Gasteiger partial charge is 0.220 e. The molecule has 0 aromatic heterocycles. The molecule has 0 aliphatic carbocycles. The highest BCUT2D eigenvalue weighted by Crippen LogP contribution is 1.97. The summed E-state index contributed by atoms with van der Waals surface area (Å²) in [5.41, 5.74) is 0. The number of carbonyl (C=O) groups excluding carboxylic acids is 1. The zero-order chi connectivity index (χ0) is 10.1. The monoisotopic (exact) mass is 189 g/mol. The van der Waals surface area contributed by atoms with E-state index >= 15 is 0 Å². The highest BCUT2D eigenvalue weighted by molar-refractivity contribution is 5.75. The third-order valence-corrected chi connectivity index (χ3v) is 1.40. The van der Waals surface area contributed by atoms with Gasteiger partial charge in [-0.15, -0.1) is 0 Å². The van der Waals surface area contributed by atoms with E-state index in [1.54, 1.807) is 0 Å². The number of hydrogen-bond donors (Lipinski definition) is 2. The molecule has 78 valence electrons.